The van der Waals surface area contributed by atoms with Crippen molar-refractivity contribution >= 4 is 28.7 Å². The third-order valence-corrected chi connectivity index (χ3v) is 6.20. The van der Waals surface area contributed by atoms with Crippen LogP contribution in [0, 0.1) is 0 Å². The number of morpholine rings is 1. The Labute approximate surface area is 219 Å². The number of aromatic nitrogens is 4. The number of nitrogens with one attached hydrogen (secondary N) is 1. The topological polar surface area (TPSA) is 107 Å². The van der Waals surface area contributed by atoms with E-state index in [0.717, 1.165) is 0 Å². The van der Waals surface area contributed by atoms with Gasteiger partial charge in [-0.25, -0.2) is 13.8 Å². The number of hydrogen-bond donors (Lipinski definition) is 1. The maximum atomic E-state index is 14.1. The van der Waals surface area contributed by atoms with Gasteiger partial charge in [0.05, 0.1) is 37.5 Å². The van der Waals surface area contributed by atoms with Gasteiger partial charge in [-0.15, -0.1) is 0 Å². The quantitative estimate of drug-likeness (QED) is 0.376. The molecular formula is C25H33F2N7O4. The first-order valence-electron chi connectivity index (χ1n) is 12.4. The average molecular weight is 534 g/mol. The smallest absolute Gasteiger partial charge is 0.296 e. The van der Waals surface area contributed by atoms with Crippen LogP contribution in [0.5, 0.6) is 0 Å². The van der Waals surface area contributed by atoms with Gasteiger partial charge in [0.1, 0.15) is 17.7 Å². The Morgan fingerprint density at radius 2 is 1.74 bits per heavy atom. The fraction of sp³-hybridized carbons (Fsp3) is 0.520. The second kappa shape index (κ2) is 12.9. The van der Waals surface area contributed by atoms with E-state index in [1.807, 2.05) is 4.90 Å². The maximum Gasteiger partial charge on any atom is 0.296 e. The van der Waals surface area contributed by atoms with Gasteiger partial charge >= 0.3 is 0 Å². The van der Waals surface area contributed by atoms with Crippen molar-refractivity contribution < 1.29 is 27.8 Å². The summed E-state index contributed by atoms with van der Waals surface area (Å²) in [6.07, 6.45) is -2.82. The molecule has 1 fully saturated rings. The highest BCUT2D eigenvalue weighted by Gasteiger charge is 2.25. The summed E-state index contributed by atoms with van der Waals surface area (Å²) in [6.45, 7) is 5.43. The zero-order valence-corrected chi connectivity index (χ0v) is 21.8. The summed E-state index contributed by atoms with van der Waals surface area (Å²) in [4.78, 5) is 30.2. The molecule has 38 heavy (non-hydrogen) atoms. The third-order valence-electron chi connectivity index (χ3n) is 6.20. The average Bonchev–Trinajstić information content (AvgIpc) is 3.33. The number of alkyl halides is 2. The zero-order valence-electron chi connectivity index (χ0n) is 21.8. The molecule has 1 aromatic carbocycles. The van der Waals surface area contributed by atoms with Crippen LogP contribution in [0.25, 0.3) is 16.9 Å². The lowest BCUT2D eigenvalue weighted by Crippen LogP contribution is -2.44. The predicted octanol–water partition coefficient (Wildman–Crippen LogP) is 2.51. The molecule has 3 heterocycles. The number of imidazole rings is 1. The summed E-state index contributed by atoms with van der Waals surface area (Å²) < 4.78 is 45.2. The van der Waals surface area contributed by atoms with E-state index in [-0.39, 0.29) is 17.7 Å². The van der Waals surface area contributed by atoms with Gasteiger partial charge < -0.3 is 29.3 Å². The SMILES string of the molecule is COCCN(CCOC)C(=O)[C@H](C)Nc1nc(N2CCOCC2)cc(-n2c(C(F)F)nc3ccccc32)n1. The largest absolute Gasteiger partial charge is 0.383 e. The molecule has 0 saturated carbocycles. The first-order chi connectivity index (χ1) is 18.4. The summed E-state index contributed by atoms with van der Waals surface area (Å²) >= 11 is 0. The highest BCUT2D eigenvalue weighted by Crippen LogP contribution is 2.29. The van der Waals surface area contributed by atoms with E-state index in [9.17, 15) is 13.6 Å². The Morgan fingerprint density at radius 1 is 1.08 bits per heavy atom. The first kappa shape index (κ1) is 27.6. The Kier molecular flexibility index (Phi) is 9.37. The number of hydrogen-bond acceptors (Lipinski definition) is 9. The Balaban J connectivity index is 1.71. The van der Waals surface area contributed by atoms with Crippen LogP contribution in [0.1, 0.15) is 19.2 Å². The molecule has 0 unspecified atom stereocenters. The molecule has 2 aromatic heterocycles. The number of carbonyl (C=O) groups is 1. The molecule has 206 valence electrons. The van der Waals surface area contributed by atoms with Crippen molar-refractivity contribution in [1.29, 1.82) is 0 Å². The molecule has 13 heteroatoms. The lowest BCUT2D eigenvalue weighted by Gasteiger charge is -2.29. The molecule has 1 saturated heterocycles. The van der Waals surface area contributed by atoms with Gasteiger partial charge in [-0.3, -0.25) is 9.36 Å². The van der Waals surface area contributed by atoms with Crippen molar-refractivity contribution in [3.05, 3.63) is 36.2 Å². The van der Waals surface area contributed by atoms with Gasteiger partial charge in [0.25, 0.3) is 6.43 Å². The Morgan fingerprint density at radius 3 is 2.39 bits per heavy atom. The van der Waals surface area contributed by atoms with E-state index in [1.54, 1.807) is 56.4 Å². The highest BCUT2D eigenvalue weighted by molar-refractivity contribution is 5.84. The normalized spacial score (nSPS) is 14.7. The molecule has 11 nitrogen and oxygen atoms in total. The van der Waals surface area contributed by atoms with Gasteiger partial charge in [-0.05, 0) is 19.1 Å². The van der Waals surface area contributed by atoms with Gasteiger partial charge in [0, 0.05) is 46.5 Å². The number of para-hydroxylation sites is 2. The minimum absolute atomic E-state index is 0.140. The number of benzene rings is 1. The van der Waals surface area contributed by atoms with E-state index >= 15 is 0 Å². The van der Waals surface area contributed by atoms with Crippen LogP contribution < -0.4 is 10.2 Å². The number of methoxy groups -OCH3 is 2. The van der Waals surface area contributed by atoms with Crippen molar-refractivity contribution in [1.82, 2.24) is 24.4 Å². The molecule has 0 aliphatic carbocycles. The predicted molar refractivity (Wildman–Crippen MR) is 138 cm³/mol. The fourth-order valence-electron chi connectivity index (χ4n) is 4.25. The molecule has 3 aromatic rings. The lowest BCUT2D eigenvalue weighted by atomic mass is 10.2. The van der Waals surface area contributed by atoms with Crippen LogP contribution in [-0.4, -0.2) is 103 Å². The van der Waals surface area contributed by atoms with Gasteiger partial charge in [0.15, 0.2) is 5.82 Å². The summed E-state index contributed by atoms with van der Waals surface area (Å²) in [6, 6.07) is 7.85. The van der Waals surface area contributed by atoms with E-state index < -0.39 is 18.3 Å². The molecule has 1 aliphatic heterocycles. The molecule has 0 spiro atoms. The minimum atomic E-state index is -2.82. The first-order valence-corrected chi connectivity index (χ1v) is 12.4. The maximum absolute atomic E-state index is 14.1. The molecule has 1 amide bonds. The van der Waals surface area contributed by atoms with Crippen LogP contribution in [0.2, 0.25) is 0 Å². The summed E-state index contributed by atoms with van der Waals surface area (Å²) in [5, 5.41) is 3.08. The van der Waals surface area contributed by atoms with Crippen LogP contribution in [0.3, 0.4) is 0 Å². The van der Waals surface area contributed by atoms with Crippen LogP contribution in [0.4, 0.5) is 20.5 Å². The van der Waals surface area contributed by atoms with Crippen molar-refractivity contribution in [2.24, 2.45) is 0 Å². The van der Waals surface area contributed by atoms with Crippen LogP contribution in [-0.2, 0) is 19.0 Å². The summed E-state index contributed by atoms with van der Waals surface area (Å²) in [5.74, 6) is 0.291. The second-order valence-corrected chi connectivity index (χ2v) is 8.78. The standard InChI is InChI=1S/C25H33F2N7O4/c1-17(24(35)33(8-12-36-2)9-13-37-3)28-25-30-20(32-10-14-38-15-11-32)16-21(31-25)34-19-7-5-4-6-18(19)29-23(34)22(26)27/h4-7,16-17,22H,8-15H2,1-3H3,(H,28,30,31)/t17-/m0/s1. The van der Waals surface area contributed by atoms with Crippen molar-refractivity contribution in [3.63, 3.8) is 0 Å². The van der Waals surface area contributed by atoms with Crippen LogP contribution >= 0.6 is 0 Å². The van der Waals surface area contributed by atoms with Gasteiger partial charge in [0.2, 0.25) is 11.9 Å². The molecule has 1 N–H and O–H groups in total. The third kappa shape index (κ3) is 6.34. The molecular weight excluding hydrogens is 500 g/mol. The summed E-state index contributed by atoms with van der Waals surface area (Å²) in [5.41, 5.74) is 0.925. The number of ether oxygens (including phenoxy) is 3. The monoisotopic (exact) mass is 533 g/mol. The second-order valence-electron chi connectivity index (χ2n) is 8.78. The molecule has 1 aliphatic rings. The lowest BCUT2D eigenvalue weighted by molar-refractivity contribution is -0.133. The van der Waals surface area contributed by atoms with Crippen molar-refractivity contribution in [2.75, 3.05) is 77.0 Å². The number of halogens is 2. The number of fused-ring (bicyclic) bond motifs is 1. The number of rotatable bonds is 12. The van der Waals surface area contributed by atoms with E-state index in [1.165, 1.54) is 4.57 Å². The van der Waals surface area contributed by atoms with Crippen molar-refractivity contribution in [2.45, 2.75) is 19.4 Å². The van der Waals surface area contributed by atoms with Gasteiger partial charge in [-0.1, -0.05) is 12.1 Å². The molecule has 4 rings (SSSR count). The Hall–Kier alpha value is -3.42. The number of carbonyl (C=O) groups excluding carboxylic acids is 1. The van der Waals surface area contributed by atoms with Crippen LogP contribution in [0.15, 0.2) is 30.3 Å². The molecule has 1 atom stereocenters. The van der Waals surface area contributed by atoms with Crippen molar-refractivity contribution in [3.8, 4) is 5.82 Å². The Bertz CT molecular complexity index is 1210. The zero-order chi connectivity index (χ0) is 27.1. The van der Waals surface area contributed by atoms with Gasteiger partial charge in [-0.2, -0.15) is 9.97 Å². The van der Waals surface area contributed by atoms with E-state index in [0.29, 0.717) is 69.5 Å². The minimum Gasteiger partial charge on any atom is -0.383 e. The van der Waals surface area contributed by atoms with E-state index in [4.69, 9.17) is 14.2 Å². The number of anilines is 2. The van der Waals surface area contributed by atoms with E-state index in [2.05, 4.69) is 20.3 Å². The molecule has 0 radical (unpaired) electrons. The number of amides is 1. The fourth-order valence-corrected chi connectivity index (χ4v) is 4.25. The number of nitrogens with zero attached hydrogens (tertiary/aromatic N) is 6. The summed E-state index contributed by atoms with van der Waals surface area (Å²) in [7, 11) is 3.14. The molecule has 0 bridgehead atoms. The highest BCUT2D eigenvalue weighted by atomic mass is 19.3.